The van der Waals surface area contributed by atoms with Crippen molar-refractivity contribution in [3.63, 3.8) is 0 Å². The van der Waals surface area contributed by atoms with Gasteiger partial charge in [0.05, 0.1) is 12.6 Å². The molecule has 1 aliphatic heterocycles. The predicted molar refractivity (Wildman–Crippen MR) is 155 cm³/mol. The monoisotopic (exact) mass is 580 g/mol. The maximum Gasteiger partial charge on any atom is 0.407 e. The second-order valence-corrected chi connectivity index (χ2v) is 14.6. The summed E-state index contributed by atoms with van der Waals surface area (Å²) in [5, 5.41) is 5.66. The molecule has 1 saturated heterocycles. The number of Topliss-reactive ketones (excluding diaryl/α,β-unsaturated/α-hetero) is 1. The first kappa shape index (κ1) is 30.0. The normalized spacial score (nSPS) is 25.5. The number of likely N-dealkylation sites (tertiary alicyclic amines) is 1. The fraction of sp³-hybridized carbons (Fsp3) is 0.656. The largest absolute Gasteiger partial charge is 0.449 e. The lowest BCUT2D eigenvalue weighted by atomic mass is 9.93. The Morgan fingerprint density at radius 2 is 1.67 bits per heavy atom. The fourth-order valence-electron chi connectivity index (χ4n) is 7.00. The molecule has 3 fully saturated rings. The minimum absolute atomic E-state index is 0.0963. The van der Waals surface area contributed by atoms with Crippen LogP contribution in [0.5, 0.6) is 0 Å². The topological polar surface area (TPSA) is 148 Å². The van der Waals surface area contributed by atoms with Crippen LogP contribution < -0.4 is 16.4 Å². The number of carbonyl (C=O) groups is 5. The fourth-order valence-corrected chi connectivity index (χ4v) is 7.00. The highest BCUT2D eigenvalue weighted by atomic mass is 16.5. The number of alkyl carbamates (subject to hydrolysis) is 1. The Kier molecular flexibility index (Phi) is 7.87. The van der Waals surface area contributed by atoms with E-state index in [0.29, 0.717) is 25.8 Å². The van der Waals surface area contributed by atoms with E-state index >= 15 is 0 Å². The molecule has 2 saturated carbocycles. The van der Waals surface area contributed by atoms with Crippen molar-refractivity contribution in [2.45, 2.75) is 84.8 Å². The van der Waals surface area contributed by atoms with E-state index in [1.807, 2.05) is 45.0 Å². The maximum absolute atomic E-state index is 14.4. The summed E-state index contributed by atoms with van der Waals surface area (Å²) in [6, 6.07) is 5.28. The van der Waals surface area contributed by atoms with Crippen LogP contribution in [0.1, 0.15) is 65.0 Å². The van der Waals surface area contributed by atoms with E-state index in [2.05, 4.69) is 24.5 Å². The van der Waals surface area contributed by atoms with E-state index in [1.54, 1.807) is 4.90 Å². The number of piperidine rings is 1. The molecular weight excluding hydrogens is 536 g/mol. The minimum Gasteiger partial charge on any atom is -0.449 e. The lowest BCUT2D eigenvalue weighted by Gasteiger charge is -2.35. The molecule has 4 amide bonds. The standard InChI is InChI=1S/C32H44N4O6/c1-31(2,3)16-42-30(41)35-24(20-13-18-8-6-7-9-19(18)14-20)29(40)36-15-21-23(32(21,4)5)25(36)28(39)34-22(12-17-10-11-17)26(37)27(33)38/h6-9,17,20-25H,10-16H2,1-5H3,(H2,33,38)(H,34,39)(H,35,41)/t21-,22?,23-,24-,25-/m0/s1. The molecule has 3 aliphatic carbocycles. The number of amides is 4. The van der Waals surface area contributed by atoms with Gasteiger partial charge in [-0.15, -0.1) is 0 Å². The Morgan fingerprint density at radius 3 is 2.21 bits per heavy atom. The molecule has 10 nitrogen and oxygen atoms in total. The zero-order chi connectivity index (χ0) is 30.6. The molecule has 10 heteroatoms. The van der Waals surface area contributed by atoms with Crippen molar-refractivity contribution in [2.75, 3.05) is 13.2 Å². The molecule has 0 spiro atoms. The zero-order valence-electron chi connectivity index (χ0n) is 25.3. The molecule has 0 bridgehead atoms. The molecular formula is C32H44N4O6. The highest BCUT2D eigenvalue weighted by Crippen LogP contribution is 2.65. The van der Waals surface area contributed by atoms with E-state index < -0.39 is 41.8 Å². The van der Waals surface area contributed by atoms with Crippen molar-refractivity contribution >= 4 is 29.6 Å². The molecule has 42 heavy (non-hydrogen) atoms. The van der Waals surface area contributed by atoms with Crippen molar-refractivity contribution in [3.05, 3.63) is 35.4 Å². The molecule has 4 aliphatic rings. The van der Waals surface area contributed by atoms with Crippen molar-refractivity contribution in [1.82, 2.24) is 15.5 Å². The van der Waals surface area contributed by atoms with Gasteiger partial charge in [-0.1, -0.05) is 71.7 Å². The lowest BCUT2D eigenvalue weighted by molar-refractivity contribution is -0.144. The number of carbonyl (C=O) groups excluding carboxylic acids is 5. The molecule has 1 heterocycles. The van der Waals surface area contributed by atoms with Gasteiger partial charge in [0.1, 0.15) is 12.1 Å². The highest BCUT2D eigenvalue weighted by Gasteiger charge is 2.69. The van der Waals surface area contributed by atoms with Crippen molar-refractivity contribution in [1.29, 1.82) is 0 Å². The second kappa shape index (κ2) is 11.0. The number of fused-ring (bicyclic) bond motifs is 2. The van der Waals surface area contributed by atoms with Gasteiger partial charge in [0.2, 0.25) is 17.6 Å². The summed E-state index contributed by atoms with van der Waals surface area (Å²) in [7, 11) is 0. The third kappa shape index (κ3) is 6.17. The zero-order valence-corrected chi connectivity index (χ0v) is 25.3. The van der Waals surface area contributed by atoms with Gasteiger partial charge in [0.15, 0.2) is 0 Å². The Hall–Kier alpha value is -3.43. The number of ether oxygens (including phenoxy) is 1. The number of benzene rings is 1. The quantitative estimate of drug-likeness (QED) is 0.362. The molecule has 5 rings (SSSR count). The first-order valence-electron chi connectivity index (χ1n) is 15.1. The van der Waals surface area contributed by atoms with Gasteiger partial charge < -0.3 is 26.0 Å². The van der Waals surface area contributed by atoms with Gasteiger partial charge in [-0.25, -0.2) is 4.79 Å². The average molecular weight is 581 g/mol. The second-order valence-electron chi connectivity index (χ2n) is 14.6. The minimum atomic E-state index is -1.08. The van der Waals surface area contributed by atoms with Gasteiger partial charge in [-0.2, -0.15) is 0 Å². The van der Waals surface area contributed by atoms with Crippen LogP contribution in [-0.2, 0) is 36.8 Å². The molecule has 5 atom stereocenters. The molecule has 4 N–H and O–H groups in total. The van der Waals surface area contributed by atoms with Crippen molar-refractivity contribution in [3.8, 4) is 0 Å². The third-order valence-electron chi connectivity index (χ3n) is 9.63. The Bertz CT molecular complexity index is 1260. The predicted octanol–water partition coefficient (Wildman–Crippen LogP) is 2.36. The number of nitrogens with zero attached hydrogens (tertiary/aromatic N) is 1. The molecule has 228 valence electrons. The van der Waals surface area contributed by atoms with E-state index in [1.165, 1.54) is 0 Å². The van der Waals surface area contributed by atoms with Crippen LogP contribution in [0.3, 0.4) is 0 Å². The van der Waals surface area contributed by atoms with E-state index in [9.17, 15) is 24.0 Å². The molecule has 0 aromatic heterocycles. The molecule has 0 radical (unpaired) electrons. The van der Waals surface area contributed by atoms with Crippen molar-refractivity contribution < 1.29 is 28.7 Å². The Labute approximate surface area is 247 Å². The molecule has 1 aromatic rings. The maximum atomic E-state index is 14.4. The number of primary amides is 1. The Morgan fingerprint density at radius 1 is 1.05 bits per heavy atom. The summed E-state index contributed by atoms with van der Waals surface area (Å²) < 4.78 is 5.49. The molecule has 1 unspecified atom stereocenters. The third-order valence-corrected chi connectivity index (χ3v) is 9.63. The van der Waals surface area contributed by atoms with Gasteiger partial charge >= 0.3 is 6.09 Å². The number of hydrogen-bond donors (Lipinski definition) is 3. The number of nitrogens with two attached hydrogens (primary N) is 1. The van der Waals surface area contributed by atoms with Crippen LogP contribution >= 0.6 is 0 Å². The number of hydrogen-bond acceptors (Lipinski definition) is 6. The summed E-state index contributed by atoms with van der Waals surface area (Å²) in [4.78, 5) is 67.1. The van der Waals surface area contributed by atoms with Crippen LogP contribution in [0.15, 0.2) is 24.3 Å². The van der Waals surface area contributed by atoms with Crippen LogP contribution in [0.4, 0.5) is 4.79 Å². The summed E-state index contributed by atoms with van der Waals surface area (Å²) in [6.07, 6.45) is 2.80. The summed E-state index contributed by atoms with van der Waals surface area (Å²) in [5.74, 6) is -2.60. The van der Waals surface area contributed by atoms with Gasteiger partial charge in [-0.3, -0.25) is 19.2 Å². The first-order valence-corrected chi connectivity index (χ1v) is 15.1. The van der Waals surface area contributed by atoms with E-state index in [4.69, 9.17) is 10.5 Å². The van der Waals surface area contributed by atoms with Crippen LogP contribution in [0.2, 0.25) is 0 Å². The van der Waals surface area contributed by atoms with E-state index in [0.717, 1.165) is 24.0 Å². The summed E-state index contributed by atoms with van der Waals surface area (Å²) in [6.45, 7) is 10.6. The van der Waals surface area contributed by atoms with Gasteiger partial charge in [0.25, 0.3) is 5.91 Å². The highest BCUT2D eigenvalue weighted by molar-refractivity contribution is 6.37. The lowest BCUT2D eigenvalue weighted by Crippen LogP contribution is -2.59. The average Bonchev–Trinajstić information content (AvgIpc) is 3.67. The van der Waals surface area contributed by atoms with Gasteiger partial charge in [0, 0.05) is 6.54 Å². The van der Waals surface area contributed by atoms with Crippen LogP contribution in [-0.4, -0.2) is 65.8 Å². The number of ketones is 1. The summed E-state index contributed by atoms with van der Waals surface area (Å²) in [5.41, 5.74) is 7.18. The van der Waals surface area contributed by atoms with Crippen LogP contribution in [0.25, 0.3) is 0 Å². The van der Waals surface area contributed by atoms with Crippen molar-refractivity contribution in [2.24, 2.45) is 40.2 Å². The number of rotatable bonds is 10. The van der Waals surface area contributed by atoms with Gasteiger partial charge in [-0.05, 0) is 64.9 Å². The summed E-state index contributed by atoms with van der Waals surface area (Å²) >= 11 is 0. The first-order chi connectivity index (χ1) is 19.7. The Balaban J connectivity index is 1.38. The van der Waals surface area contributed by atoms with Crippen LogP contribution in [0, 0.1) is 34.5 Å². The number of nitrogens with one attached hydrogen (secondary N) is 2. The van der Waals surface area contributed by atoms with E-state index in [-0.39, 0.29) is 47.0 Å². The SMILES string of the molecule is CC(C)(C)COC(=O)N[C@H](C(=O)N1C[C@H]2[C@@H]([C@H]1C(=O)NC(CC1CC1)C(=O)C(N)=O)C2(C)C)C1Cc2ccccc2C1. The smallest absolute Gasteiger partial charge is 0.407 e. The molecule has 1 aromatic carbocycles.